The van der Waals surface area contributed by atoms with Crippen LogP contribution in [0, 0.1) is 13.7 Å². The van der Waals surface area contributed by atoms with Gasteiger partial charge in [-0.2, -0.15) is 0 Å². The highest BCUT2D eigenvalue weighted by Crippen LogP contribution is 2.32. The average Bonchev–Trinajstić information content (AvgIpc) is 2.41. The Labute approximate surface area is 140 Å². The third-order valence-electron chi connectivity index (χ3n) is 3.05. The van der Waals surface area contributed by atoms with Gasteiger partial charge in [0.2, 0.25) is 5.75 Å². The summed E-state index contributed by atoms with van der Waals surface area (Å²) < 4.78 is 0.330. The number of aliphatic carboxylic acids is 1. The van der Waals surface area contributed by atoms with Crippen LogP contribution in [0.1, 0.15) is 37.7 Å². The van der Waals surface area contributed by atoms with E-state index in [4.69, 9.17) is 5.11 Å². The minimum absolute atomic E-state index is 0.0638. The summed E-state index contributed by atoms with van der Waals surface area (Å²) in [5.74, 6) is -1.31. The molecule has 0 aromatic heterocycles. The summed E-state index contributed by atoms with van der Waals surface area (Å²) >= 11 is 1.78. The van der Waals surface area contributed by atoms with Crippen LogP contribution >= 0.6 is 22.6 Å². The Kier molecular flexibility index (Phi) is 7.22. The molecule has 0 bridgehead atoms. The Balaban J connectivity index is 2.54. The van der Waals surface area contributed by atoms with E-state index < -0.39 is 22.3 Å². The number of carboxylic acid groups (broad SMARTS) is 1. The summed E-state index contributed by atoms with van der Waals surface area (Å²) in [6, 6.07) is 2.76. The number of nitro benzene ring substituents is 1. The molecule has 0 unspecified atom stereocenters. The number of hydrogen-bond donors (Lipinski definition) is 2. The predicted molar refractivity (Wildman–Crippen MR) is 86.9 cm³/mol. The molecule has 8 heteroatoms. The lowest BCUT2D eigenvalue weighted by molar-refractivity contribution is -0.386. The third kappa shape index (κ3) is 5.96. The van der Waals surface area contributed by atoms with Crippen molar-refractivity contribution in [2.45, 2.75) is 38.5 Å². The van der Waals surface area contributed by atoms with Crippen molar-refractivity contribution in [1.29, 1.82) is 0 Å². The first-order chi connectivity index (χ1) is 10.3. The summed E-state index contributed by atoms with van der Waals surface area (Å²) in [7, 11) is 0. The third-order valence-corrected chi connectivity index (χ3v) is 3.87. The van der Waals surface area contributed by atoms with Crippen LogP contribution in [0.3, 0.4) is 0 Å². The summed E-state index contributed by atoms with van der Waals surface area (Å²) in [4.78, 5) is 32.3. The average molecular weight is 421 g/mol. The number of phenolic OH excluding ortho intramolecular Hbond substituents is 1. The lowest BCUT2D eigenvalue weighted by Gasteiger charge is -2.05. The van der Waals surface area contributed by atoms with E-state index in [1.165, 1.54) is 6.07 Å². The first-order valence-corrected chi connectivity index (χ1v) is 7.78. The van der Waals surface area contributed by atoms with E-state index in [-0.39, 0.29) is 18.6 Å². The second-order valence-corrected chi connectivity index (χ2v) is 6.03. The standard InChI is InChI=1S/C14H16INO6/c15-11-7-9(8-12(14(11)20)16(21)22)6-10(17)4-2-1-3-5-13(18)19/h7-8,20H,1-6H2,(H,18,19). The zero-order valence-corrected chi connectivity index (χ0v) is 13.9. The topological polar surface area (TPSA) is 118 Å². The molecular formula is C14H16INO6. The number of ketones is 1. The number of carbonyl (C=O) groups excluding carboxylic acids is 1. The molecule has 0 aliphatic heterocycles. The Hall–Kier alpha value is -1.71. The van der Waals surface area contributed by atoms with Gasteiger partial charge in [0, 0.05) is 25.3 Å². The van der Waals surface area contributed by atoms with E-state index in [1.807, 2.05) is 0 Å². The molecule has 0 saturated heterocycles. The second-order valence-electron chi connectivity index (χ2n) is 4.87. The SMILES string of the molecule is O=C(O)CCCCCC(=O)Cc1cc(I)c(O)c([N+](=O)[O-])c1. The fraction of sp³-hybridized carbons (Fsp3) is 0.429. The first-order valence-electron chi connectivity index (χ1n) is 6.70. The molecule has 0 saturated carbocycles. The number of Topliss-reactive ketones (excluding diaryl/α,β-unsaturated/α-hetero) is 1. The summed E-state index contributed by atoms with van der Waals surface area (Å²) in [5.41, 5.74) is 0.0839. The van der Waals surface area contributed by atoms with Crippen LogP contribution in [0.2, 0.25) is 0 Å². The molecule has 1 rings (SSSR count). The molecule has 7 nitrogen and oxygen atoms in total. The van der Waals surface area contributed by atoms with E-state index in [1.54, 1.807) is 28.7 Å². The van der Waals surface area contributed by atoms with Crippen LogP contribution in [0.15, 0.2) is 12.1 Å². The van der Waals surface area contributed by atoms with Crippen LogP contribution in [0.4, 0.5) is 5.69 Å². The second kappa shape index (κ2) is 8.66. The molecule has 1 aromatic carbocycles. The van der Waals surface area contributed by atoms with Crippen molar-refractivity contribution in [3.05, 3.63) is 31.4 Å². The van der Waals surface area contributed by atoms with Crippen molar-refractivity contribution < 1.29 is 24.7 Å². The Morgan fingerprint density at radius 3 is 2.41 bits per heavy atom. The van der Waals surface area contributed by atoms with Gasteiger partial charge in [-0.1, -0.05) is 6.42 Å². The monoisotopic (exact) mass is 421 g/mol. The first kappa shape index (κ1) is 18.3. The molecule has 22 heavy (non-hydrogen) atoms. The van der Waals surface area contributed by atoms with Crippen LogP contribution in [0.5, 0.6) is 5.75 Å². The molecule has 1 aromatic rings. The van der Waals surface area contributed by atoms with Gasteiger partial charge < -0.3 is 10.2 Å². The van der Waals surface area contributed by atoms with E-state index in [0.717, 1.165) is 0 Å². The molecule has 0 aliphatic rings. The molecule has 120 valence electrons. The quantitative estimate of drug-likeness (QED) is 0.274. The number of halogens is 1. The van der Waals surface area contributed by atoms with Gasteiger partial charge in [0.05, 0.1) is 8.49 Å². The zero-order valence-electron chi connectivity index (χ0n) is 11.7. The number of carbonyl (C=O) groups is 2. The van der Waals surface area contributed by atoms with Gasteiger partial charge in [0.1, 0.15) is 5.78 Å². The fourth-order valence-electron chi connectivity index (χ4n) is 1.97. The predicted octanol–water partition coefficient (Wildman–Crippen LogP) is 3.05. The van der Waals surface area contributed by atoms with Gasteiger partial charge >= 0.3 is 11.7 Å². The lowest BCUT2D eigenvalue weighted by atomic mass is 10.0. The maximum absolute atomic E-state index is 11.8. The number of aromatic hydroxyl groups is 1. The van der Waals surface area contributed by atoms with Crippen molar-refractivity contribution in [3.63, 3.8) is 0 Å². The van der Waals surface area contributed by atoms with Crippen molar-refractivity contribution in [1.82, 2.24) is 0 Å². The lowest BCUT2D eigenvalue weighted by Crippen LogP contribution is -2.04. The van der Waals surface area contributed by atoms with E-state index in [0.29, 0.717) is 34.8 Å². The van der Waals surface area contributed by atoms with Gasteiger partial charge in [-0.25, -0.2) is 0 Å². The van der Waals surface area contributed by atoms with Gasteiger partial charge in [-0.15, -0.1) is 0 Å². The molecule has 2 N–H and O–H groups in total. The zero-order chi connectivity index (χ0) is 16.7. The van der Waals surface area contributed by atoms with Crippen LogP contribution < -0.4 is 0 Å². The van der Waals surface area contributed by atoms with Gasteiger partial charge in [-0.3, -0.25) is 19.7 Å². The molecule has 0 radical (unpaired) electrons. The number of benzene rings is 1. The minimum Gasteiger partial charge on any atom is -0.501 e. The van der Waals surface area contributed by atoms with Crippen LogP contribution in [0.25, 0.3) is 0 Å². The number of nitrogens with zero attached hydrogens (tertiary/aromatic N) is 1. The van der Waals surface area contributed by atoms with Gasteiger partial charge in [-0.05, 0) is 47.1 Å². The van der Waals surface area contributed by atoms with E-state index in [9.17, 15) is 24.8 Å². The largest absolute Gasteiger partial charge is 0.501 e. The van der Waals surface area contributed by atoms with Crippen molar-refractivity contribution in [2.24, 2.45) is 0 Å². The smallest absolute Gasteiger partial charge is 0.312 e. The maximum Gasteiger partial charge on any atom is 0.312 e. The Morgan fingerprint density at radius 1 is 1.18 bits per heavy atom. The van der Waals surface area contributed by atoms with Gasteiger partial charge in [0.25, 0.3) is 0 Å². The highest BCUT2D eigenvalue weighted by Gasteiger charge is 2.18. The molecule has 0 heterocycles. The van der Waals surface area contributed by atoms with E-state index >= 15 is 0 Å². The number of unbranched alkanes of at least 4 members (excludes halogenated alkanes) is 2. The minimum atomic E-state index is -0.850. The fourth-order valence-corrected chi connectivity index (χ4v) is 2.65. The summed E-state index contributed by atoms with van der Waals surface area (Å²) in [6.45, 7) is 0. The van der Waals surface area contributed by atoms with Crippen LogP contribution in [-0.4, -0.2) is 26.9 Å². The number of rotatable bonds is 9. The number of carboxylic acids is 1. The molecule has 0 fully saturated rings. The molecular weight excluding hydrogens is 405 g/mol. The molecule has 0 spiro atoms. The number of hydrogen-bond acceptors (Lipinski definition) is 5. The Morgan fingerprint density at radius 2 is 1.82 bits per heavy atom. The summed E-state index contributed by atoms with van der Waals surface area (Å²) in [6.07, 6.45) is 2.26. The van der Waals surface area contributed by atoms with Gasteiger partial charge in [0.15, 0.2) is 0 Å². The van der Waals surface area contributed by atoms with Crippen LogP contribution in [-0.2, 0) is 16.0 Å². The molecule has 0 aliphatic carbocycles. The number of phenols is 1. The normalized spacial score (nSPS) is 10.4. The Bertz CT molecular complexity index is 587. The van der Waals surface area contributed by atoms with Crippen molar-refractivity contribution >= 4 is 40.0 Å². The van der Waals surface area contributed by atoms with Crippen molar-refractivity contribution in [2.75, 3.05) is 0 Å². The maximum atomic E-state index is 11.8. The highest BCUT2D eigenvalue weighted by atomic mass is 127. The highest BCUT2D eigenvalue weighted by molar-refractivity contribution is 14.1. The van der Waals surface area contributed by atoms with Crippen molar-refractivity contribution in [3.8, 4) is 5.75 Å². The molecule has 0 atom stereocenters. The molecule has 0 amide bonds. The summed E-state index contributed by atoms with van der Waals surface area (Å²) in [5, 5.41) is 28.9. The number of nitro groups is 1. The van der Waals surface area contributed by atoms with E-state index in [2.05, 4.69) is 0 Å².